The summed E-state index contributed by atoms with van der Waals surface area (Å²) in [5.74, 6) is -0.767. The molecule has 7 heteroatoms. The van der Waals surface area contributed by atoms with Gasteiger partial charge in [0.25, 0.3) is 0 Å². The lowest BCUT2D eigenvalue weighted by Crippen LogP contribution is -2.40. The average Bonchev–Trinajstić information content (AvgIpc) is 2.69. The summed E-state index contributed by atoms with van der Waals surface area (Å²) in [5, 5.41) is 6.39. The van der Waals surface area contributed by atoms with E-state index in [0.717, 1.165) is 0 Å². The molecule has 3 N–H and O–H groups in total. The highest BCUT2D eigenvalue weighted by Gasteiger charge is 2.30. The number of hydrogen-bond donors (Lipinski definition) is 2. The molecule has 2 aromatic heterocycles. The number of amides is 2. The second-order valence-electron chi connectivity index (χ2n) is 4.19. The fourth-order valence-corrected chi connectivity index (χ4v) is 2.18. The van der Waals surface area contributed by atoms with E-state index in [1.54, 1.807) is 22.7 Å². The van der Waals surface area contributed by atoms with Gasteiger partial charge in [0.15, 0.2) is 5.65 Å². The molecule has 0 spiro atoms. The predicted molar refractivity (Wildman–Crippen MR) is 62.5 cm³/mol. The molecule has 2 aromatic rings. The molecule has 1 saturated heterocycles. The monoisotopic (exact) mass is 245 g/mol. The van der Waals surface area contributed by atoms with Crippen molar-refractivity contribution in [2.45, 2.75) is 18.8 Å². The van der Waals surface area contributed by atoms with Crippen LogP contribution in [0.2, 0.25) is 0 Å². The zero-order valence-corrected chi connectivity index (χ0v) is 9.46. The van der Waals surface area contributed by atoms with Crippen LogP contribution in [-0.4, -0.2) is 26.4 Å². The molecule has 1 atom stereocenters. The van der Waals surface area contributed by atoms with Gasteiger partial charge in [0.1, 0.15) is 0 Å². The zero-order chi connectivity index (χ0) is 12.7. The molecule has 3 rings (SSSR count). The molecule has 0 saturated carbocycles. The molecular weight excluding hydrogens is 234 g/mol. The zero-order valence-electron chi connectivity index (χ0n) is 9.46. The quantitative estimate of drug-likeness (QED) is 0.679. The molecule has 2 amide bonds. The van der Waals surface area contributed by atoms with E-state index in [2.05, 4.69) is 15.4 Å². The Morgan fingerprint density at radius 2 is 2.22 bits per heavy atom. The topological polar surface area (TPSA) is 102 Å². The number of anilines is 1. The summed E-state index contributed by atoms with van der Waals surface area (Å²) >= 11 is 0. The Morgan fingerprint density at radius 1 is 1.39 bits per heavy atom. The highest BCUT2D eigenvalue weighted by atomic mass is 16.2. The van der Waals surface area contributed by atoms with Crippen molar-refractivity contribution in [3.05, 3.63) is 23.9 Å². The van der Waals surface area contributed by atoms with Crippen LogP contribution in [0.3, 0.4) is 0 Å². The third-order valence-electron chi connectivity index (χ3n) is 3.00. The van der Waals surface area contributed by atoms with E-state index < -0.39 is 5.92 Å². The maximum atomic E-state index is 11.8. The van der Waals surface area contributed by atoms with Crippen LogP contribution >= 0.6 is 0 Å². The maximum absolute atomic E-state index is 11.8. The number of carbonyl (C=O) groups is 2. The maximum Gasteiger partial charge on any atom is 0.240 e. The van der Waals surface area contributed by atoms with Crippen LogP contribution in [-0.2, 0) is 9.59 Å². The first-order valence-electron chi connectivity index (χ1n) is 5.60. The second-order valence-corrected chi connectivity index (χ2v) is 4.19. The number of carbonyl (C=O) groups excluding carboxylic acids is 2. The number of hydrogen-bond acceptors (Lipinski definition) is 5. The summed E-state index contributed by atoms with van der Waals surface area (Å²) in [6.07, 6.45) is 0.806. The molecule has 1 aliphatic rings. The smallest absolute Gasteiger partial charge is 0.240 e. The van der Waals surface area contributed by atoms with Gasteiger partial charge in [-0.3, -0.25) is 14.9 Å². The summed E-state index contributed by atoms with van der Waals surface area (Å²) in [6, 6.07) is 5.35. The highest BCUT2D eigenvalue weighted by Crippen LogP contribution is 2.25. The molecule has 0 aliphatic carbocycles. The van der Waals surface area contributed by atoms with Crippen LogP contribution in [0, 0.1) is 0 Å². The van der Waals surface area contributed by atoms with Crippen molar-refractivity contribution in [1.29, 1.82) is 0 Å². The minimum atomic E-state index is -0.396. The highest BCUT2D eigenvalue weighted by molar-refractivity contribution is 6.00. The van der Waals surface area contributed by atoms with E-state index in [4.69, 9.17) is 5.73 Å². The third-order valence-corrected chi connectivity index (χ3v) is 3.00. The Hall–Kier alpha value is -2.44. The molecule has 0 radical (unpaired) electrons. The molecule has 1 fully saturated rings. The Balaban J connectivity index is 2.08. The first-order chi connectivity index (χ1) is 8.65. The lowest BCUT2D eigenvalue weighted by Gasteiger charge is -2.21. The van der Waals surface area contributed by atoms with Crippen LogP contribution in [0.15, 0.2) is 18.2 Å². The standard InChI is InChI=1S/C11H11N5O2/c12-11-13-8-3-1-2-7(16(8)15-11)6-4-5-9(17)14-10(6)18/h1-3,6H,4-5H2,(H2,12,15)(H,14,17,18). The van der Waals surface area contributed by atoms with Gasteiger partial charge in [-0.2, -0.15) is 4.98 Å². The molecule has 1 unspecified atom stereocenters. The summed E-state index contributed by atoms with van der Waals surface area (Å²) in [5.41, 5.74) is 6.84. The lowest BCUT2D eigenvalue weighted by molar-refractivity contribution is -0.134. The minimum absolute atomic E-state index is 0.162. The summed E-state index contributed by atoms with van der Waals surface area (Å²) < 4.78 is 1.55. The molecule has 0 bridgehead atoms. The number of nitrogens with one attached hydrogen (secondary N) is 1. The lowest BCUT2D eigenvalue weighted by atomic mass is 9.94. The van der Waals surface area contributed by atoms with Crippen molar-refractivity contribution in [2.75, 3.05) is 5.73 Å². The van der Waals surface area contributed by atoms with Gasteiger partial charge in [0, 0.05) is 6.42 Å². The fraction of sp³-hybridized carbons (Fsp3) is 0.273. The molecule has 3 heterocycles. The number of pyridine rings is 1. The van der Waals surface area contributed by atoms with E-state index in [1.165, 1.54) is 0 Å². The number of rotatable bonds is 1. The van der Waals surface area contributed by atoms with Crippen LogP contribution in [0.1, 0.15) is 24.5 Å². The van der Waals surface area contributed by atoms with Crippen molar-refractivity contribution < 1.29 is 9.59 Å². The normalized spacial score (nSPS) is 20.1. The van der Waals surface area contributed by atoms with Gasteiger partial charge in [-0.1, -0.05) is 6.07 Å². The molecule has 92 valence electrons. The van der Waals surface area contributed by atoms with Crippen LogP contribution in [0.5, 0.6) is 0 Å². The number of nitrogen functional groups attached to an aromatic ring is 1. The summed E-state index contributed by atoms with van der Waals surface area (Å²) in [6.45, 7) is 0. The van der Waals surface area contributed by atoms with Gasteiger partial charge in [0.2, 0.25) is 17.8 Å². The van der Waals surface area contributed by atoms with Crippen LogP contribution < -0.4 is 11.1 Å². The molecule has 7 nitrogen and oxygen atoms in total. The van der Waals surface area contributed by atoms with Crippen molar-refractivity contribution in [1.82, 2.24) is 19.9 Å². The average molecular weight is 245 g/mol. The summed E-state index contributed by atoms with van der Waals surface area (Å²) in [7, 11) is 0. The van der Waals surface area contributed by atoms with Crippen LogP contribution in [0.25, 0.3) is 5.65 Å². The predicted octanol–water partition coefficient (Wildman–Crippen LogP) is -0.168. The Kier molecular flexibility index (Phi) is 2.26. The van der Waals surface area contributed by atoms with Crippen molar-refractivity contribution in [3.8, 4) is 0 Å². The number of nitrogens with two attached hydrogens (primary N) is 1. The van der Waals surface area contributed by atoms with E-state index in [0.29, 0.717) is 24.2 Å². The van der Waals surface area contributed by atoms with Gasteiger partial charge in [0.05, 0.1) is 11.6 Å². The number of fused-ring (bicyclic) bond motifs is 1. The number of aromatic nitrogens is 3. The van der Waals surface area contributed by atoms with Gasteiger partial charge >= 0.3 is 0 Å². The SMILES string of the molecule is Nc1nc2cccc(C3CCC(=O)NC3=O)n2n1. The molecular formula is C11H11N5O2. The van der Waals surface area contributed by atoms with Gasteiger partial charge < -0.3 is 5.73 Å². The van der Waals surface area contributed by atoms with E-state index in [-0.39, 0.29) is 17.8 Å². The number of nitrogens with zero attached hydrogens (tertiary/aromatic N) is 3. The van der Waals surface area contributed by atoms with Gasteiger partial charge in [-0.05, 0) is 18.6 Å². The summed E-state index contributed by atoms with van der Waals surface area (Å²) in [4.78, 5) is 27.0. The van der Waals surface area contributed by atoms with Gasteiger partial charge in [-0.25, -0.2) is 4.52 Å². The number of piperidine rings is 1. The Morgan fingerprint density at radius 3 is 3.00 bits per heavy atom. The number of imide groups is 1. The first-order valence-corrected chi connectivity index (χ1v) is 5.60. The first kappa shape index (κ1) is 10.7. The van der Waals surface area contributed by atoms with Crippen molar-refractivity contribution >= 4 is 23.4 Å². The van der Waals surface area contributed by atoms with Gasteiger partial charge in [-0.15, -0.1) is 5.10 Å². The molecule has 1 aliphatic heterocycles. The molecule has 18 heavy (non-hydrogen) atoms. The third kappa shape index (κ3) is 1.60. The molecule has 0 aromatic carbocycles. The van der Waals surface area contributed by atoms with E-state index in [9.17, 15) is 9.59 Å². The fourth-order valence-electron chi connectivity index (χ4n) is 2.18. The van der Waals surface area contributed by atoms with E-state index >= 15 is 0 Å². The largest absolute Gasteiger partial charge is 0.366 e. The van der Waals surface area contributed by atoms with Crippen LogP contribution in [0.4, 0.5) is 5.95 Å². The Labute approximate surface area is 102 Å². The van der Waals surface area contributed by atoms with Crippen molar-refractivity contribution in [2.24, 2.45) is 0 Å². The Bertz CT molecular complexity index is 648. The minimum Gasteiger partial charge on any atom is -0.366 e. The van der Waals surface area contributed by atoms with E-state index in [1.807, 2.05) is 0 Å². The second kappa shape index (κ2) is 3.80. The van der Waals surface area contributed by atoms with Crippen molar-refractivity contribution in [3.63, 3.8) is 0 Å².